The lowest BCUT2D eigenvalue weighted by Gasteiger charge is -2.09. The Morgan fingerprint density at radius 2 is 1.71 bits per heavy atom. The number of carbonyl (C=O) groups excluding carboxylic acids is 2. The van der Waals surface area contributed by atoms with E-state index in [1.165, 1.54) is 51.4 Å². The summed E-state index contributed by atoms with van der Waals surface area (Å²) in [5.74, 6) is -0.619. The first-order chi connectivity index (χ1) is 11.6. The summed E-state index contributed by atoms with van der Waals surface area (Å²) in [5.41, 5.74) is 0.258. The van der Waals surface area contributed by atoms with E-state index in [-0.39, 0.29) is 12.2 Å². The molecule has 1 heterocycles. The number of hydrogen-bond acceptors (Lipinski definition) is 5. The summed E-state index contributed by atoms with van der Waals surface area (Å²) in [6.07, 6.45) is 11.8. The van der Waals surface area contributed by atoms with Gasteiger partial charge in [0, 0.05) is 18.2 Å². The van der Waals surface area contributed by atoms with E-state index in [9.17, 15) is 14.7 Å². The molecule has 1 amide bonds. The molecule has 0 aromatic rings. The van der Waals surface area contributed by atoms with Crippen molar-refractivity contribution in [3.8, 4) is 0 Å². The quantitative estimate of drug-likeness (QED) is 0.396. The molecule has 6 nitrogen and oxygen atoms in total. The largest absolute Gasteiger partial charge is 0.445 e. The van der Waals surface area contributed by atoms with Gasteiger partial charge < -0.3 is 19.9 Å². The van der Waals surface area contributed by atoms with Gasteiger partial charge in [-0.1, -0.05) is 64.7 Å². The van der Waals surface area contributed by atoms with Gasteiger partial charge in [0.2, 0.25) is 6.29 Å². The standard InChI is InChI=1S/C18H31NO5/c1-2-3-4-5-6-7-8-9-10-11-12-19-18(22)23-14-15-13-16(20)24-17(15)21/h13,17,21H,2-12,14H2,1H3,(H,19,22). The molecule has 2 N–H and O–H groups in total. The first-order valence-corrected chi connectivity index (χ1v) is 9.13. The van der Waals surface area contributed by atoms with Gasteiger partial charge in [0.05, 0.1) is 0 Å². The van der Waals surface area contributed by atoms with Crippen LogP contribution >= 0.6 is 0 Å². The van der Waals surface area contributed by atoms with Crippen LogP contribution in [0.1, 0.15) is 71.1 Å². The zero-order valence-corrected chi connectivity index (χ0v) is 14.7. The average Bonchev–Trinajstić information content (AvgIpc) is 2.88. The molecular weight excluding hydrogens is 310 g/mol. The highest BCUT2D eigenvalue weighted by Crippen LogP contribution is 2.13. The van der Waals surface area contributed by atoms with E-state index in [0.717, 1.165) is 18.9 Å². The molecule has 1 atom stereocenters. The van der Waals surface area contributed by atoms with Gasteiger partial charge in [-0.25, -0.2) is 9.59 Å². The second-order valence-electron chi connectivity index (χ2n) is 6.19. The van der Waals surface area contributed by atoms with Crippen molar-refractivity contribution in [2.75, 3.05) is 13.2 Å². The first kappa shape index (κ1) is 20.5. The van der Waals surface area contributed by atoms with E-state index in [0.29, 0.717) is 6.54 Å². The third-order valence-corrected chi connectivity index (χ3v) is 4.02. The number of unbranched alkanes of at least 4 members (excludes halogenated alkanes) is 9. The molecule has 6 heteroatoms. The fourth-order valence-corrected chi connectivity index (χ4v) is 2.56. The first-order valence-electron chi connectivity index (χ1n) is 9.13. The van der Waals surface area contributed by atoms with E-state index in [1.807, 2.05) is 0 Å². The Hall–Kier alpha value is -1.56. The fourth-order valence-electron chi connectivity index (χ4n) is 2.56. The van der Waals surface area contributed by atoms with Crippen LogP contribution in [-0.2, 0) is 14.3 Å². The number of amides is 1. The number of aliphatic hydroxyl groups is 1. The van der Waals surface area contributed by atoms with Crippen molar-refractivity contribution in [2.24, 2.45) is 0 Å². The van der Waals surface area contributed by atoms with Crippen molar-refractivity contribution >= 4 is 12.1 Å². The molecule has 0 spiro atoms. The molecule has 1 aliphatic heterocycles. The zero-order valence-electron chi connectivity index (χ0n) is 14.7. The summed E-state index contributed by atoms with van der Waals surface area (Å²) in [6, 6.07) is 0. The van der Waals surface area contributed by atoms with Crippen LogP contribution in [0, 0.1) is 0 Å². The van der Waals surface area contributed by atoms with Crippen LogP contribution in [0.2, 0.25) is 0 Å². The van der Waals surface area contributed by atoms with Crippen molar-refractivity contribution in [1.82, 2.24) is 5.32 Å². The number of ether oxygens (including phenoxy) is 2. The van der Waals surface area contributed by atoms with Crippen molar-refractivity contribution in [1.29, 1.82) is 0 Å². The maximum Gasteiger partial charge on any atom is 0.407 e. The highest BCUT2D eigenvalue weighted by atomic mass is 16.6. The van der Waals surface area contributed by atoms with Crippen molar-refractivity contribution in [3.63, 3.8) is 0 Å². The van der Waals surface area contributed by atoms with Crippen molar-refractivity contribution < 1.29 is 24.2 Å². The summed E-state index contributed by atoms with van der Waals surface area (Å²) in [7, 11) is 0. The number of hydrogen-bond donors (Lipinski definition) is 2. The molecule has 24 heavy (non-hydrogen) atoms. The lowest BCUT2D eigenvalue weighted by Crippen LogP contribution is -2.27. The predicted molar refractivity (Wildman–Crippen MR) is 91.4 cm³/mol. The van der Waals surface area contributed by atoms with Gasteiger partial charge in [0.1, 0.15) is 6.61 Å². The van der Waals surface area contributed by atoms with Gasteiger partial charge in [-0.3, -0.25) is 0 Å². The molecule has 0 fully saturated rings. The smallest absolute Gasteiger partial charge is 0.407 e. The minimum absolute atomic E-state index is 0.142. The Bertz CT molecular complexity index is 408. The van der Waals surface area contributed by atoms with Crippen LogP contribution in [0.25, 0.3) is 0 Å². The molecule has 0 bridgehead atoms. The normalized spacial score (nSPS) is 16.7. The lowest BCUT2D eigenvalue weighted by molar-refractivity contribution is -0.151. The third kappa shape index (κ3) is 9.55. The number of nitrogens with one attached hydrogen (secondary N) is 1. The average molecular weight is 341 g/mol. The lowest BCUT2D eigenvalue weighted by atomic mass is 10.1. The molecule has 0 saturated heterocycles. The second-order valence-corrected chi connectivity index (χ2v) is 6.19. The monoisotopic (exact) mass is 341 g/mol. The van der Waals surface area contributed by atoms with Gasteiger partial charge >= 0.3 is 12.1 Å². The van der Waals surface area contributed by atoms with Gasteiger partial charge in [-0.05, 0) is 6.42 Å². The second kappa shape index (κ2) is 12.8. The minimum Gasteiger partial charge on any atom is -0.445 e. The number of cyclic esters (lactones) is 1. The van der Waals surface area contributed by atoms with Crippen LogP contribution in [0.5, 0.6) is 0 Å². The summed E-state index contributed by atoms with van der Waals surface area (Å²) >= 11 is 0. The minimum atomic E-state index is -1.30. The van der Waals surface area contributed by atoms with E-state index in [4.69, 9.17) is 4.74 Å². The Morgan fingerprint density at radius 1 is 1.12 bits per heavy atom. The topological polar surface area (TPSA) is 84.9 Å². The molecule has 0 saturated carbocycles. The molecule has 0 aromatic heterocycles. The number of aliphatic hydroxyl groups excluding tert-OH is 1. The van der Waals surface area contributed by atoms with Crippen LogP contribution in [0.15, 0.2) is 11.6 Å². The van der Waals surface area contributed by atoms with Crippen molar-refractivity contribution in [3.05, 3.63) is 11.6 Å². The zero-order chi connectivity index (χ0) is 17.6. The Balaban J connectivity index is 1.88. The maximum atomic E-state index is 11.5. The molecule has 138 valence electrons. The summed E-state index contributed by atoms with van der Waals surface area (Å²) < 4.78 is 9.42. The molecule has 1 rings (SSSR count). The predicted octanol–water partition coefficient (Wildman–Crippen LogP) is 3.44. The summed E-state index contributed by atoms with van der Waals surface area (Å²) in [6.45, 7) is 2.66. The highest BCUT2D eigenvalue weighted by molar-refractivity contribution is 5.85. The number of carbonyl (C=O) groups is 2. The molecule has 1 aliphatic rings. The van der Waals surface area contributed by atoms with Crippen LogP contribution in [0.4, 0.5) is 4.79 Å². The number of alkyl carbamates (subject to hydrolysis) is 1. The van der Waals surface area contributed by atoms with E-state index in [2.05, 4.69) is 17.0 Å². The van der Waals surface area contributed by atoms with Crippen LogP contribution in [0.3, 0.4) is 0 Å². The molecule has 1 unspecified atom stereocenters. The molecule has 0 aromatic carbocycles. The molecule has 0 radical (unpaired) electrons. The van der Waals surface area contributed by atoms with Gasteiger partial charge in [-0.2, -0.15) is 0 Å². The third-order valence-electron chi connectivity index (χ3n) is 4.02. The fraction of sp³-hybridized carbons (Fsp3) is 0.778. The van der Waals surface area contributed by atoms with E-state index in [1.54, 1.807) is 0 Å². The van der Waals surface area contributed by atoms with Gasteiger partial charge in [-0.15, -0.1) is 0 Å². The van der Waals surface area contributed by atoms with Gasteiger partial charge in [0.15, 0.2) is 0 Å². The van der Waals surface area contributed by atoms with Crippen LogP contribution in [-0.4, -0.2) is 36.6 Å². The Morgan fingerprint density at radius 3 is 2.25 bits per heavy atom. The molecule has 0 aliphatic carbocycles. The van der Waals surface area contributed by atoms with Crippen LogP contribution < -0.4 is 5.32 Å². The maximum absolute atomic E-state index is 11.5. The number of rotatable bonds is 13. The van der Waals surface area contributed by atoms with E-state index >= 15 is 0 Å². The molecular formula is C18H31NO5. The summed E-state index contributed by atoms with van der Waals surface area (Å²) in [5, 5.41) is 12.0. The van der Waals surface area contributed by atoms with Gasteiger partial charge in [0.25, 0.3) is 0 Å². The number of esters is 1. The van der Waals surface area contributed by atoms with E-state index < -0.39 is 18.4 Å². The Kier molecular flexibility index (Phi) is 10.9. The summed E-state index contributed by atoms with van der Waals surface area (Å²) in [4.78, 5) is 22.4. The van der Waals surface area contributed by atoms with Crippen molar-refractivity contribution in [2.45, 2.75) is 77.4 Å². The SMILES string of the molecule is CCCCCCCCCCCCNC(=O)OCC1=CC(=O)OC1O. The highest BCUT2D eigenvalue weighted by Gasteiger charge is 2.24. The Labute approximate surface area is 144 Å².